The maximum atomic E-state index is 12.9. The maximum absolute atomic E-state index is 12.9. The molecule has 1 aliphatic heterocycles. The molecule has 1 saturated carbocycles. The van der Waals surface area contributed by atoms with Crippen LogP contribution in [0.1, 0.15) is 49.1 Å². The van der Waals surface area contributed by atoms with Gasteiger partial charge in [-0.25, -0.2) is 4.79 Å². The van der Waals surface area contributed by atoms with Crippen molar-refractivity contribution in [3.63, 3.8) is 0 Å². The number of nitrogens with zero attached hydrogens (tertiary/aromatic N) is 1. The SMILES string of the molecule is O=C(O)CC1CCC2CN(C(=O)OCC3c4ccccc4-c4ccccc43)CCC2C1. The van der Waals surface area contributed by atoms with Gasteiger partial charge in [0, 0.05) is 25.4 Å². The number of carbonyl (C=O) groups excluding carboxylic acids is 1. The second-order valence-electron chi connectivity index (χ2n) is 9.34. The van der Waals surface area contributed by atoms with Crippen molar-refractivity contribution in [1.82, 2.24) is 4.90 Å². The van der Waals surface area contributed by atoms with Crippen LogP contribution in [0.4, 0.5) is 4.79 Å². The minimum Gasteiger partial charge on any atom is -0.481 e. The Labute approximate surface area is 183 Å². The van der Waals surface area contributed by atoms with Gasteiger partial charge in [-0.05, 0) is 65.7 Å². The summed E-state index contributed by atoms with van der Waals surface area (Å²) >= 11 is 0. The molecule has 0 spiro atoms. The number of fused-ring (bicyclic) bond motifs is 4. The molecule has 2 aliphatic carbocycles. The van der Waals surface area contributed by atoms with Gasteiger partial charge in [0.25, 0.3) is 0 Å². The number of amides is 1. The zero-order chi connectivity index (χ0) is 21.4. The van der Waals surface area contributed by atoms with Gasteiger partial charge in [0.05, 0.1) is 0 Å². The second-order valence-corrected chi connectivity index (χ2v) is 9.34. The summed E-state index contributed by atoms with van der Waals surface area (Å²) in [5.74, 6) is 0.689. The van der Waals surface area contributed by atoms with Crippen LogP contribution in [0.2, 0.25) is 0 Å². The summed E-state index contributed by atoms with van der Waals surface area (Å²) in [6, 6.07) is 16.8. The first kappa shape index (κ1) is 20.1. The van der Waals surface area contributed by atoms with E-state index < -0.39 is 5.97 Å². The molecule has 3 aliphatic rings. The Hall–Kier alpha value is -2.82. The van der Waals surface area contributed by atoms with Gasteiger partial charge in [-0.15, -0.1) is 0 Å². The summed E-state index contributed by atoms with van der Waals surface area (Å²) in [5, 5.41) is 9.08. The molecule has 5 rings (SSSR count). The van der Waals surface area contributed by atoms with Crippen LogP contribution < -0.4 is 0 Å². The van der Waals surface area contributed by atoms with E-state index in [2.05, 4.69) is 36.4 Å². The average molecular weight is 420 g/mol. The van der Waals surface area contributed by atoms with E-state index in [4.69, 9.17) is 9.84 Å². The molecule has 0 aromatic heterocycles. The Morgan fingerprint density at radius 1 is 0.935 bits per heavy atom. The van der Waals surface area contributed by atoms with Crippen molar-refractivity contribution in [3.8, 4) is 11.1 Å². The van der Waals surface area contributed by atoms with E-state index in [0.717, 1.165) is 32.2 Å². The summed E-state index contributed by atoms with van der Waals surface area (Å²) in [6.45, 7) is 1.80. The van der Waals surface area contributed by atoms with Crippen LogP contribution in [0, 0.1) is 17.8 Å². The van der Waals surface area contributed by atoms with Gasteiger partial charge in [0.2, 0.25) is 0 Å². The molecule has 2 fully saturated rings. The summed E-state index contributed by atoms with van der Waals surface area (Å²) in [7, 11) is 0. The highest BCUT2D eigenvalue weighted by molar-refractivity contribution is 5.79. The first-order chi connectivity index (χ1) is 15.1. The molecule has 1 N–H and O–H groups in total. The number of ether oxygens (including phenoxy) is 1. The maximum Gasteiger partial charge on any atom is 0.409 e. The van der Waals surface area contributed by atoms with Gasteiger partial charge in [-0.2, -0.15) is 0 Å². The van der Waals surface area contributed by atoms with Crippen LogP contribution in [0.25, 0.3) is 11.1 Å². The number of carbonyl (C=O) groups is 2. The Morgan fingerprint density at radius 3 is 2.29 bits per heavy atom. The molecule has 31 heavy (non-hydrogen) atoms. The van der Waals surface area contributed by atoms with Gasteiger partial charge >= 0.3 is 12.1 Å². The van der Waals surface area contributed by atoms with Crippen molar-refractivity contribution < 1.29 is 19.4 Å². The summed E-state index contributed by atoms with van der Waals surface area (Å²) in [5.41, 5.74) is 4.93. The van der Waals surface area contributed by atoms with Crippen molar-refractivity contribution in [3.05, 3.63) is 59.7 Å². The van der Waals surface area contributed by atoms with Crippen molar-refractivity contribution >= 4 is 12.1 Å². The Kier molecular flexibility index (Phi) is 5.43. The molecule has 3 atom stereocenters. The molecule has 0 radical (unpaired) electrons. The lowest BCUT2D eigenvalue weighted by Gasteiger charge is -2.43. The number of likely N-dealkylation sites (tertiary alicyclic amines) is 1. The number of carboxylic acids is 1. The quantitative estimate of drug-likeness (QED) is 0.744. The minimum atomic E-state index is -0.695. The third-order valence-corrected chi connectivity index (χ3v) is 7.53. The number of benzene rings is 2. The number of piperidine rings is 1. The highest BCUT2D eigenvalue weighted by Gasteiger charge is 2.37. The van der Waals surface area contributed by atoms with E-state index in [9.17, 15) is 9.59 Å². The van der Waals surface area contributed by atoms with Gasteiger partial charge in [-0.3, -0.25) is 4.79 Å². The summed E-state index contributed by atoms with van der Waals surface area (Å²) in [6.07, 6.45) is 3.95. The number of aliphatic carboxylic acids is 1. The van der Waals surface area contributed by atoms with E-state index in [-0.39, 0.29) is 18.4 Å². The predicted octanol–water partition coefficient (Wildman–Crippen LogP) is 5.15. The molecule has 1 amide bonds. The van der Waals surface area contributed by atoms with E-state index in [1.165, 1.54) is 22.3 Å². The highest BCUT2D eigenvalue weighted by Crippen LogP contribution is 2.45. The van der Waals surface area contributed by atoms with Crippen molar-refractivity contribution in [2.45, 2.75) is 38.0 Å². The van der Waals surface area contributed by atoms with Gasteiger partial charge < -0.3 is 14.7 Å². The third kappa shape index (κ3) is 3.93. The molecular weight excluding hydrogens is 390 g/mol. The number of rotatable bonds is 4. The van der Waals surface area contributed by atoms with Crippen molar-refractivity contribution in [2.24, 2.45) is 17.8 Å². The molecule has 2 aromatic carbocycles. The zero-order valence-corrected chi connectivity index (χ0v) is 17.7. The second kappa shape index (κ2) is 8.37. The number of hydrogen-bond donors (Lipinski definition) is 1. The fourth-order valence-electron chi connectivity index (χ4n) is 6.00. The Bertz CT molecular complexity index is 941. The van der Waals surface area contributed by atoms with Crippen LogP contribution in [0.3, 0.4) is 0 Å². The highest BCUT2D eigenvalue weighted by atomic mass is 16.6. The molecule has 5 nitrogen and oxygen atoms in total. The van der Waals surface area contributed by atoms with E-state index in [1.54, 1.807) is 0 Å². The molecule has 5 heteroatoms. The average Bonchev–Trinajstić information content (AvgIpc) is 3.10. The first-order valence-corrected chi connectivity index (χ1v) is 11.4. The van der Waals surface area contributed by atoms with Crippen molar-refractivity contribution in [1.29, 1.82) is 0 Å². The zero-order valence-electron chi connectivity index (χ0n) is 17.7. The predicted molar refractivity (Wildman–Crippen MR) is 118 cm³/mol. The third-order valence-electron chi connectivity index (χ3n) is 7.53. The minimum absolute atomic E-state index is 0.0837. The van der Waals surface area contributed by atoms with Gasteiger partial charge in [0.15, 0.2) is 0 Å². The van der Waals surface area contributed by atoms with Crippen LogP contribution in [0.15, 0.2) is 48.5 Å². The van der Waals surface area contributed by atoms with Gasteiger partial charge in [-0.1, -0.05) is 48.5 Å². The fourth-order valence-corrected chi connectivity index (χ4v) is 6.00. The van der Waals surface area contributed by atoms with E-state index in [0.29, 0.717) is 30.9 Å². The van der Waals surface area contributed by atoms with Crippen molar-refractivity contribution in [2.75, 3.05) is 19.7 Å². The number of carboxylic acid groups (broad SMARTS) is 1. The molecule has 1 saturated heterocycles. The Balaban J connectivity index is 1.20. The first-order valence-electron chi connectivity index (χ1n) is 11.4. The molecular formula is C26H29NO4. The topological polar surface area (TPSA) is 66.8 Å². The number of hydrogen-bond acceptors (Lipinski definition) is 3. The largest absolute Gasteiger partial charge is 0.481 e. The van der Waals surface area contributed by atoms with Crippen LogP contribution >= 0.6 is 0 Å². The Morgan fingerprint density at radius 2 is 1.61 bits per heavy atom. The van der Waals surface area contributed by atoms with Crippen LogP contribution in [0.5, 0.6) is 0 Å². The molecule has 2 aromatic rings. The van der Waals surface area contributed by atoms with Gasteiger partial charge in [0.1, 0.15) is 6.61 Å². The molecule has 3 unspecified atom stereocenters. The standard InChI is InChI=1S/C26H29NO4/c28-25(29)14-17-9-10-19-15-27(12-11-18(19)13-17)26(30)31-16-24-22-7-3-1-5-20(22)21-6-2-4-8-23(21)24/h1-8,17-19,24H,9-16H2,(H,28,29). The molecule has 0 bridgehead atoms. The van der Waals surface area contributed by atoms with E-state index in [1.807, 2.05) is 17.0 Å². The van der Waals surface area contributed by atoms with E-state index >= 15 is 0 Å². The van der Waals surface area contributed by atoms with Crippen LogP contribution in [-0.4, -0.2) is 41.8 Å². The fraction of sp³-hybridized carbons (Fsp3) is 0.462. The lowest BCUT2D eigenvalue weighted by atomic mass is 9.70. The molecule has 162 valence electrons. The monoisotopic (exact) mass is 419 g/mol. The van der Waals surface area contributed by atoms with Crippen LogP contribution in [-0.2, 0) is 9.53 Å². The lowest BCUT2D eigenvalue weighted by Crippen LogP contribution is -2.46. The summed E-state index contributed by atoms with van der Waals surface area (Å²) in [4.78, 5) is 25.8. The summed E-state index contributed by atoms with van der Waals surface area (Å²) < 4.78 is 5.84. The lowest BCUT2D eigenvalue weighted by molar-refractivity contribution is -0.138. The molecule has 1 heterocycles. The normalized spacial score (nSPS) is 24.8. The smallest absolute Gasteiger partial charge is 0.409 e.